The molecule has 0 fully saturated rings. The fourth-order valence-electron chi connectivity index (χ4n) is 9.25. The molecule has 7 aromatic carbocycles. The molecule has 11 aromatic rings. The molecule has 4 aromatic heterocycles. The lowest BCUT2D eigenvalue weighted by Gasteiger charge is -2.44. The third kappa shape index (κ3) is 4.73. The number of rotatable bonds is 5. The lowest BCUT2D eigenvalue weighted by molar-refractivity contribution is 0.484. The van der Waals surface area contributed by atoms with Gasteiger partial charge in [-0.1, -0.05) is 115 Å². The van der Waals surface area contributed by atoms with Crippen LogP contribution in [-0.2, 0) is 0 Å². The van der Waals surface area contributed by atoms with Gasteiger partial charge in [-0.15, -0.1) is 11.3 Å². The van der Waals surface area contributed by atoms with E-state index in [2.05, 4.69) is 179 Å². The van der Waals surface area contributed by atoms with Gasteiger partial charge in [0.2, 0.25) is 0 Å². The van der Waals surface area contributed by atoms with Crippen molar-refractivity contribution in [2.45, 2.75) is 0 Å². The van der Waals surface area contributed by atoms with Crippen LogP contribution in [0.3, 0.4) is 0 Å². The number of anilines is 3. The van der Waals surface area contributed by atoms with Crippen LogP contribution in [0, 0.1) is 0 Å². The van der Waals surface area contributed by atoms with Gasteiger partial charge in [0.15, 0.2) is 8.07 Å². The van der Waals surface area contributed by atoms with Crippen molar-refractivity contribution < 1.29 is 4.74 Å². The van der Waals surface area contributed by atoms with Crippen LogP contribution in [0.1, 0.15) is 0 Å². The number of imidazole rings is 1. The largest absolute Gasteiger partial charge is 0.457 e. The van der Waals surface area contributed by atoms with Crippen LogP contribution in [0.15, 0.2) is 195 Å². The first-order valence-corrected chi connectivity index (χ1v) is 22.0. The topological polar surface area (TPSA) is 42.7 Å². The molecule has 0 radical (unpaired) electrons. The molecule has 1 aliphatic heterocycles. The zero-order chi connectivity index (χ0) is 37.5. The Morgan fingerprint density at radius 1 is 0.474 bits per heavy atom. The predicted octanol–water partition coefficient (Wildman–Crippen LogP) is 10.4. The van der Waals surface area contributed by atoms with Crippen LogP contribution in [-0.4, -0.2) is 22.4 Å². The summed E-state index contributed by atoms with van der Waals surface area (Å²) in [5, 5.41) is 11.2. The summed E-state index contributed by atoms with van der Waals surface area (Å²) in [5.74, 6) is 2.37. The van der Waals surface area contributed by atoms with Gasteiger partial charge >= 0.3 is 0 Å². The van der Waals surface area contributed by atoms with Gasteiger partial charge in [0.05, 0.1) is 11.2 Å². The molecule has 0 saturated heterocycles. The Hall–Kier alpha value is -7.06. The van der Waals surface area contributed by atoms with E-state index in [0.29, 0.717) is 0 Å². The van der Waals surface area contributed by atoms with E-state index in [4.69, 9.17) is 14.7 Å². The molecule has 0 unspecified atom stereocenters. The number of hydrogen-bond acceptors (Lipinski definition) is 5. The molecule has 0 N–H and O–H groups in total. The molecule has 0 aliphatic carbocycles. The fourth-order valence-corrected chi connectivity index (χ4v) is 15.5. The summed E-state index contributed by atoms with van der Waals surface area (Å²) in [6.07, 6.45) is 5.78. The van der Waals surface area contributed by atoms with Crippen molar-refractivity contribution in [3.8, 4) is 11.5 Å². The van der Waals surface area contributed by atoms with Crippen molar-refractivity contribution in [2.75, 3.05) is 4.90 Å². The minimum Gasteiger partial charge on any atom is -0.457 e. The summed E-state index contributed by atoms with van der Waals surface area (Å²) >= 11 is 1.85. The number of thiophene rings is 1. The maximum atomic E-state index is 6.89. The van der Waals surface area contributed by atoms with E-state index in [1.807, 2.05) is 36.0 Å². The van der Waals surface area contributed by atoms with E-state index in [1.54, 1.807) is 0 Å². The number of pyridine rings is 2. The van der Waals surface area contributed by atoms with Gasteiger partial charge < -0.3 is 4.74 Å². The average molecular weight is 765 g/mol. The average Bonchev–Trinajstić information content (AvgIpc) is 3.92. The number of hydrogen-bond donors (Lipinski definition) is 0. The Morgan fingerprint density at radius 3 is 1.98 bits per heavy atom. The highest BCUT2D eigenvalue weighted by molar-refractivity contribution is 7.26. The SMILES string of the molecule is c1ccc([Si]2(c3ccccc3)c3ccc(Oc4ccc5c6ccccc6n6ccnc6c5c4)cc3N(c3ccccn3)c3cc4sc5ccccc5c4cc32)cc1. The minimum absolute atomic E-state index is 0.754. The Labute approximate surface area is 333 Å². The maximum Gasteiger partial charge on any atom is 0.184 e. The third-order valence-corrected chi connectivity index (χ3v) is 17.6. The number of nitrogens with zero attached hydrogens (tertiary/aromatic N) is 4. The number of fused-ring (bicyclic) bond motifs is 11. The first-order valence-electron chi connectivity index (χ1n) is 19.1. The van der Waals surface area contributed by atoms with Crippen LogP contribution < -0.4 is 30.4 Å². The Kier molecular flexibility index (Phi) is 7.05. The van der Waals surface area contributed by atoms with E-state index in [0.717, 1.165) is 50.6 Å². The highest BCUT2D eigenvalue weighted by Gasteiger charge is 2.49. The van der Waals surface area contributed by atoms with Crippen molar-refractivity contribution in [3.05, 3.63) is 195 Å². The molecule has 5 nitrogen and oxygen atoms in total. The molecule has 0 bridgehead atoms. The number of aromatic nitrogens is 3. The molecule has 268 valence electrons. The van der Waals surface area contributed by atoms with Gasteiger partial charge in [0, 0.05) is 61.3 Å². The molecule has 7 heteroatoms. The van der Waals surface area contributed by atoms with Crippen LogP contribution in [0.2, 0.25) is 0 Å². The van der Waals surface area contributed by atoms with Gasteiger partial charge in [-0.05, 0) is 80.7 Å². The van der Waals surface area contributed by atoms with Gasteiger partial charge in [-0.3, -0.25) is 9.30 Å². The molecule has 0 spiro atoms. The summed E-state index contributed by atoms with van der Waals surface area (Å²) in [4.78, 5) is 12.1. The normalized spacial score (nSPS) is 13.4. The van der Waals surface area contributed by atoms with Crippen molar-refractivity contribution >= 4 is 105 Å². The maximum absolute atomic E-state index is 6.89. The number of para-hydroxylation sites is 1. The van der Waals surface area contributed by atoms with E-state index < -0.39 is 8.07 Å². The lowest BCUT2D eigenvalue weighted by atomic mass is 10.1. The second-order valence-corrected chi connectivity index (χ2v) is 19.4. The first-order chi connectivity index (χ1) is 28.3. The van der Waals surface area contributed by atoms with Crippen LogP contribution >= 0.6 is 11.3 Å². The highest BCUT2D eigenvalue weighted by Crippen LogP contribution is 2.44. The van der Waals surface area contributed by atoms with Crippen LogP contribution in [0.25, 0.3) is 47.5 Å². The molecule has 0 atom stereocenters. The third-order valence-electron chi connectivity index (χ3n) is 11.6. The smallest absolute Gasteiger partial charge is 0.184 e. The molecular formula is C50H32N4OSSi. The van der Waals surface area contributed by atoms with Gasteiger partial charge in [0.25, 0.3) is 0 Å². The molecule has 0 amide bonds. The van der Waals surface area contributed by atoms with Crippen molar-refractivity contribution in [1.29, 1.82) is 0 Å². The second-order valence-electron chi connectivity index (χ2n) is 14.6. The standard InChI is InChI=1S/C50H32N4OSSi/c1-3-13-35(14-4-1)57(36-15-5-2-6-16-36)47-25-23-34(55-33-22-24-37-38-17-7-9-19-42(38)53-28-27-52-50(53)41(37)29-33)30-43(47)54(49-21-11-12-26-51-49)44-32-46-40(31-48(44)57)39-18-8-10-20-45(39)56-46/h1-32H. The Balaban J connectivity index is 1.13. The van der Waals surface area contributed by atoms with Crippen molar-refractivity contribution in [3.63, 3.8) is 0 Å². The second kappa shape index (κ2) is 12.5. The van der Waals surface area contributed by atoms with Crippen LogP contribution in [0.5, 0.6) is 11.5 Å². The molecule has 57 heavy (non-hydrogen) atoms. The van der Waals surface area contributed by atoms with Gasteiger partial charge in [-0.2, -0.15) is 0 Å². The Morgan fingerprint density at radius 2 is 1.18 bits per heavy atom. The molecule has 5 heterocycles. The monoisotopic (exact) mass is 764 g/mol. The molecule has 12 rings (SSSR count). The summed E-state index contributed by atoms with van der Waals surface area (Å²) in [5.41, 5.74) is 4.26. The van der Waals surface area contributed by atoms with E-state index in [1.165, 1.54) is 46.3 Å². The summed E-state index contributed by atoms with van der Waals surface area (Å²) in [6.45, 7) is 0. The number of benzene rings is 7. The van der Waals surface area contributed by atoms with Crippen LogP contribution in [0.4, 0.5) is 17.2 Å². The zero-order valence-corrected chi connectivity index (χ0v) is 32.4. The molecular weight excluding hydrogens is 733 g/mol. The quantitative estimate of drug-likeness (QED) is 0.129. The zero-order valence-electron chi connectivity index (χ0n) is 30.6. The summed E-state index contributed by atoms with van der Waals surface area (Å²) in [6, 6.07) is 63.8. The molecule has 0 saturated carbocycles. The van der Waals surface area contributed by atoms with E-state index in [-0.39, 0.29) is 0 Å². The summed E-state index contributed by atoms with van der Waals surface area (Å²) < 4.78 is 11.6. The van der Waals surface area contributed by atoms with Crippen molar-refractivity contribution in [1.82, 2.24) is 14.4 Å². The lowest BCUT2D eigenvalue weighted by Crippen LogP contribution is -2.77. The van der Waals surface area contributed by atoms with Gasteiger partial charge in [0.1, 0.15) is 23.0 Å². The Bertz CT molecular complexity index is 3310. The first kappa shape index (κ1) is 32.2. The minimum atomic E-state index is -2.96. The van der Waals surface area contributed by atoms with Gasteiger partial charge in [-0.25, -0.2) is 9.97 Å². The van der Waals surface area contributed by atoms with E-state index in [9.17, 15) is 0 Å². The fraction of sp³-hybridized carbons (Fsp3) is 0. The van der Waals surface area contributed by atoms with E-state index >= 15 is 0 Å². The summed E-state index contributed by atoms with van der Waals surface area (Å²) in [7, 11) is -2.96. The molecule has 1 aliphatic rings. The predicted molar refractivity (Wildman–Crippen MR) is 239 cm³/mol. The van der Waals surface area contributed by atoms with Crippen molar-refractivity contribution in [2.24, 2.45) is 0 Å². The number of ether oxygens (including phenoxy) is 1. The highest BCUT2D eigenvalue weighted by atomic mass is 32.1.